The Morgan fingerprint density at radius 2 is 1.79 bits per heavy atom. The van der Waals surface area contributed by atoms with Crippen molar-refractivity contribution in [2.45, 2.75) is 6.18 Å². The summed E-state index contributed by atoms with van der Waals surface area (Å²) in [5.41, 5.74) is 5.36. The molecule has 0 bridgehead atoms. The van der Waals surface area contributed by atoms with E-state index in [1.807, 2.05) is 4.90 Å². The van der Waals surface area contributed by atoms with Crippen LogP contribution in [0.15, 0.2) is 0 Å². The third kappa shape index (κ3) is 5.99. The minimum absolute atomic E-state index is 0.107. The van der Waals surface area contributed by atoms with E-state index >= 15 is 0 Å². The van der Waals surface area contributed by atoms with Crippen LogP contribution in [0, 0.1) is 0 Å². The predicted octanol–water partition coefficient (Wildman–Crippen LogP) is -0.713. The van der Waals surface area contributed by atoms with Crippen LogP contribution in [0.3, 0.4) is 0 Å². The minimum atomic E-state index is -4.57. The van der Waals surface area contributed by atoms with E-state index in [-0.39, 0.29) is 13.1 Å². The zero-order valence-corrected chi connectivity index (χ0v) is 11.6. The Balaban J connectivity index is 2.47. The van der Waals surface area contributed by atoms with Crippen molar-refractivity contribution in [1.82, 2.24) is 13.9 Å². The van der Waals surface area contributed by atoms with Crippen molar-refractivity contribution in [3.8, 4) is 0 Å². The van der Waals surface area contributed by atoms with Gasteiger partial charge in [-0.05, 0) is 0 Å². The van der Waals surface area contributed by atoms with Crippen molar-refractivity contribution in [2.75, 3.05) is 39.3 Å². The molecule has 3 N–H and O–H groups in total. The highest BCUT2D eigenvalue weighted by Crippen LogP contribution is 2.14. The van der Waals surface area contributed by atoms with Gasteiger partial charge in [0.15, 0.2) is 0 Å². The van der Waals surface area contributed by atoms with Crippen molar-refractivity contribution in [3.63, 3.8) is 0 Å². The lowest BCUT2D eigenvalue weighted by Crippen LogP contribution is -2.54. The molecule has 1 aliphatic rings. The fourth-order valence-corrected chi connectivity index (χ4v) is 2.97. The summed E-state index contributed by atoms with van der Waals surface area (Å²) in [5, 5.41) is 0. The first kappa shape index (κ1) is 16.6. The standard InChI is InChI=1S/C8H15F3N4O2S2/c9-8(10,11)6-13-19(16,17)15-3-1-14(2-4-15)5-7(12)18/h13H,1-6H2,(H2,12,18). The highest BCUT2D eigenvalue weighted by molar-refractivity contribution is 7.87. The van der Waals surface area contributed by atoms with Crippen LogP contribution in [0.2, 0.25) is 0 Å². The average Bonchev–Trinajstić information content (AvgIpc) is 2.26. The third-order valence-corrected chi connectivity index (χ3v) is 4.19. The second kappa shape index (κ2) is 6.31. The maximum absolute atomic E-state index is 12.0. The Kier molecular flexibility index (Phi) is 5.50. The van der Waals surface area contributed by atoms with E-state index in [0.717, 1.165) is 4.31 Å². The number of halogens is 3. The van der Waals surface area contributed by atoms with Gasteiger partial charge in [0.1, 0.15) is 6.54 Å². The SMILES string of the molecule is NC(=S)CN1CCN(S(=O)(=O)NCC(F)(F)F)CC1. The van der Waals surface area contributed by atoms with Crippen LogP contribution in [0.1, 0.15) is 0 Å². The highest BCUT2D eigenvalue weighted by Gasteiger charge is 2.33. The Morgan fingerprint density at radius 3 is 2.21 bits per heavy atom. The van der Waals surface area contributed by atoms with Crippen LogP contribution in [0.25, 0.3) is 0 Å². The number of rotatable bonds is 5. The molecule has 0 aromatic heterocycles. The van der Waals surface area contributed by atoms with Gasteiger partial charge >= 0.3 is 6.18 Å². The van der Waals surface area contributed by atoms with E-state index in [9.17, 15) is 21.6 Å². The molecule has 0 saturated carbocycles. The molecule has 0 aromatic rings. The van der Waals surface area contributed by atoms with E-state index in [2.05, 4.69) is 0 Å². The fraction of sp³-hybridized carbons (Fsp3) is 0.875. The first-order chi connectivity index (χ1) is 8.60. The van der Waals surface area contributed by atoms with E-state index in [1.54, 1.807) is 0 Å². The van der Waals surface area contributed by atoms with Gasteiger partial charge in [-0.2, -0.15) is 30.6 Å². The summed E-state index contributed by atoms with van der Waals surface area (Å²) >= 11 is 4.73. The first-order valence-corrected chi connectivity index (χ1v) is 7.27. The summed E-state index contributed by atoms with van der Waals surface area (Å²) in [6.45, 7) is -0.220. The van der Waals surface area contributed by atoms with Gasteiger partial charge in [0.05, 0.1) is 4.99 Å². The first-order valence-electron chi connectivity index (χ1n) is 5.42. The monoisotopic (exact) mass is 320 g/mol. The van der Waals surface area contributed by atoms with Crippen LogP contribution >= 0.6 is 12.2 Å². The fourth-order valence-electron chi connectivity index (χ4n) is 1.61. The summed E-state index contributed by atoms with van der Waals surface area (Å²) in [4.78, 5) is 2.14. The molecule has 6 nitrogen and oxygen atoms in total. The van der Waals surface area contributed by atoms with Crippen molar-refractivity contribution in [2.24, 2.45) is 5.73 Å². The lowest BCUT2D eigenvalue weighted by molar-refractivity contribution is -0.121. The summed E-state index contributed by atoms with van der Waals surface area (Å²) in [6, 6.07) is 0. The van der Waals surface area contributed by atoms with Crippen molar-refractivity contribution in [1.29, 1.82) is 0 Å². The number of nitrogens with zero attached hydrogens (tertiary/aromatic N) is 2. The number of nitrogens with two attached hydrogens (primary N) is 1. The Morgan fingerprint density at radius 1 is 1.26 bits per heavy atom. The Hall–Kier alpha value is -0.490. The van der Waals surface area contributed by atoms with Crippen LogP contribution < -0.4 is 10.5 Å². The number of hydrogen-bond acceptors (Lipinski definition) is 4. The molecule has 0 amide bonds. The molecule has 0 spiro atoms. The van der Waals surface area contributed by atoms with Crippen molar-refractivity contribution < 1.29 is 21.6 Å². The van der Waals surface area contributed by atoms with Gasteiger partial charge in [-0.15, -0.1) is 0 Å². The molecular weight excluding hydrogens is 305 g/mol. The van der Waals surface area contributed by atoms with Gasteiger partial charge in [0.2, 0.25) is 0 Å². The van der Waals surface area contributed by atoms with Gasteiger partial charge < -0.3 is 5.73 Å². The van der Waals surface area contributed by atoms with Gasteiger partial charge in [0, 0.05) is 32.7 Å². The zero-order chi connectivity index (χ0) is 14.7. The summed E-state index contributed by atoms with van der Waals surface area (Å²) in [7, 11) is -4.10. The summed E-state index contributed by atoms with van der Waals surface area (Å²) in [5.74, 6) is 0. The highest BCUT2D eigenvalue weighted by atomic mass is 32.2. The number of piperazine rings is 1. The topological polar surface area (TPSA) is 78.7 Å². The number of hydrogen-bond donors (Lipinski definition) is 2. The van der Waals surface area contributed by atoms with E-state index < -0.39 is 22.9 Å². The quantitative estimate of drug-likeness (QED) is 0.654. The van der Waals surface area contributed by atoms with Gasteiger partial charge in [-0.25, -0.2) is 0 Å². The average molecular weight is 320 g/mol. The molecule has 0 aliphatic carbocycles. The smallest absolute Gasteiger partial charge is 0.392 e. The lowest BCUT2D eigenvalue weighted by Gasteiger charge is -2.33. The molecule has 0 radical (unpaired) electrons. The normalized spacial score (nSPS) is 19.5. The molecule has 1 saturated heterocycles. The molecule has 1 rings (SSSR count). The zero-order valence-electron chi connectivity index (χ0n) is 9.98. The summed E-state index contributed by atoms with van der Waals surface area (Å²) < 4.78 is 61.7. The van der Waals surface area contributed by atoms with Gasteiger partial charge in [0.25, 0.3) is 10.2 Å². The molecular formula is C8H15F3N4O2S2. The molecule has 0 atom stereocenters. The van der Waals surface area contributed by atoms with Gasteiger partial charge in [-0.1, -0.05) is 12.2 Å². The number of nitrogens with one attached hydrogen (secondary N) is 1. The largest absolute Gasteiger partial charge is 0.402 e. The molecule has 1 heterocycles. The van der Waals surface area contributed by atoms with Crippen molar-refractivity contribution in [3.05, 3.63) is 0 Å². The predicted molar refractivity (Wildman–Crippen MR) is 67.8 cm³/mol. The van der Waals surface area contributed by atoms with Crippen LogP contribution in [0.5, 0.6) is 0 Å². The van der Waals surface area contributed by atoms with Crippen LogP contribution in [-0.4, -0.2) is 68.1 Å². The van der Waals surface area contributed by atoms with E-state index in [0.29, 0.717) is 24.6 Å². The molecule has 0 unspecified atom stereocenters. The molecule has 1 aliphatic heterocycles. The third-order valence-electron chi connectivity index (χ3n) is 2.51. The minimum Gasteiger partial charge on any atom is -0.392 e. The molecule has 0 aromatic carbocycles. The maximum Gasteiger partial charge on any atom is 0.402 e. The van der Waals surface area contributed by atoms with E-state index in [4.69, 9.17) is 18.0 Å². The van der Waals surface area contributed by atoms with Gasteiger partial charge in [-0.3, -0.25) is 4.90 Å². The Labute approximate surface area is 114 Å². The molecule has 112 valence electrons. The molecule has 1 fully saturated rings. The van der Waals surface area contributed by atoms with Crippen LogP contribution in [-0.2, 0) is 10.2 Å². The second-order valence-corrected chi connectivity index (χ2v) is 6.36. The molecule has 19 heavy (non-hydrogen) atoms. The maximum atomic E-state index is 12.0. The second-order valence-electron chi connectivity index (χ2n) is 4.08. The molecule has 11 heteroatoms. The van der Waals surface area contributed by atoms with Crippen LogP contribution in [0.4, 0.5) is 13.2 Å². The lowest BCUT2D eigenvalue weighted by atomic mass is 10.3. The number of thiocarbonyl (C=S) groups is 1. The van der Waals surface area contributed by atoms with Crippen molar-refractivity contribution >= 4 is 27.4 Å². The summed E-state index contributed by atoms with van der Waals surface area (Å²) in [6.07, 6.45) is -4.57. The number of alkyl halides is 3. The Bertz CT molecular complexity index is 418. The van der Waals surface area contributed by atoms with E-state index in [1.165, 1.54) is 4.72 Å².